The number of H-pyrrole nitrogens is 1. The minimum absolute atomic E-state index is 0.863. The summed E-state index contributed by atoms with van der Waals surface area (Å²) in [5.41, 5.74) is 2.82. The van der Waals surface area contributed by atoms with Gasteiger partial charge in [0.25, 0.3) is 0 Å². The fourth-order valence-electron chi connectivity index (χ4n) is 1.50. The molecule has 0 saturated carbocycles. The third kappa shape index (κ3) is 0.839. The van der Waals surface area contributed by atoms with Gasteiger partial charge in [0.05, 0.1) is 0 Å². The van der Waals surface area contributed by atoms with Crippen LogP contribution in [-0.4, -0.2) is 5.10 Å². The number of aromatic amines is 1. The first-order valence-electron chi connectivity index (χ1n) is 4.08. The summed E-state index contributed by atoms with van der Waals surface area (Å²) in [7, 11) is 0. The molecule has 1 aromatic rings. The maximum atomic E-state index is 5.42. The number of nitrogens with zero attached hydrogens (tertiary/aromatic N) is 1. The molecule has 0 unspecified atom stereocenters. The lowest BCUT2D eigenvalue weighted by molar-refractivity contribution is -0.446. The molecule has 1 N–H and O–H groups in total. The standard InChI is InChI=1S/C10H6N2O/c1-2-4-9-8(3-1)10-7(6-13-9)5-11-12-10/h1-6H/p+1. The number of nitrogens with one attached hydrogen (secondary N) is 1. The lowest BCUT2D eigenvalue weighted by Crippen LogP contribution is -1.96. The molecule has 0 fully saturated rings. The molecule has 13 heavy (non-hydrogen) atoms. The van der Waals surface area contributed by atoms with E-state index < -0.39 is 0 Å². The van der Waals surface area contributed by atoms with E-state index in [4.69, 9.17) is 4.42 Å². The molecule has 0 spiro atoms. The molecule has 0 amide bonds. The first kappa shape index (κ1) is 6.60. The van der Waals surface area contributed by atoms with Gasteiger partial charge < -0.3 is 4.42 Å². The molecule has 62 valence electrons. The minimum atomic E-state index is 0.863. The predicted molar refractivity (Wildman–Crippen MR) is 47.2 cm³/mol. The highest BCUT2D eigenvalue weighted by molar-refractivity contribution is 5.90. The van der Waals surface area contributed by atoms with Crippen LogP contribution in [0.15, 0.2) is 41.1 Å². The number of hydrogen-bond donors (Lipinski definition) is 0. The molecule has 2 aliphatic rings. The molecule has 0 bridgehead atoms. The number of hydrogen-bond acceptors (Lipinski definition) is 2. The number of fused-ring (bicyclic) bond motifs is 3. The summed E-state index contributed by atoms with van der Waals surface area (Å²) in [5.74, 6) is 0. The van der Waals surface area contributed by atoms with Gasteiger partial charge in [0, 0.05) is 5.39 Å². The van der Waals surface area contributed by atoms with Gasteiger partial charge in [-0.3, -0.25) is 0 Å². The summed E-state index contributed by atoms with van der Waals surface area (Å²) in [5, 5.41) is 8.02. The third-order valence-electron chi connectivity index (χ3n) is 2.12. The van der Waals surface area contributed by atoms with Crippen LogP contribution in [0.4, 0.5) is 0 Å². The highest BCUT2D eigenvalue weighted by atomic mass is 16.3. The third-order valence-corrected chi connectivity index (χ3v) is 2.12. The zero-order valence-electron chi connectivity index (χ0n) is 6.82. The van der Waals surface area contributed by atoms with Crippen molar-refractivity contribution < 1.29 is 9.52 Å². The second kappa shape index (κ2) is 2.29. The summed E-state index contributed by atoms with van der Waals surface area (Å²) < 4.78 is 5.42. The number of aromatic nitrogens is 2. The Morgan fingerprint density at radius 1 is 1.23 bits per heavy atom. The Bertz CT molecular complexity index is 529. The molecule has 0 aliphatic carbocycles. The van der Waals surface area contributed by atoms with Crippen molar-refractivity contribution in [1.82, 2.24) is 5.10 Å². The van der Waals surface area contributed by atoms with Crippen LogP contribution >= 0.6 is 0 Å². The van der Waals surface area contributed by atoms with Gasteiger partial charge in [-0.15, -0.1) is 5.10 Å². The van der Waals surface area contributed by atoms with Gasteiger partial charge >= 0.3 is 0 Å². The molecule has 1 aromatic carbocycles. The molecule has 0 saturated heterocycles. The Morgan fingerprint density at radius 3 is 3.15 bits per heavy atom. The fourth-order valence-corrected chi connectivity index (χ4v) is 1.50. The summed E-state index contributed by atoms with van der Waals surface area (Å²) in [4.78, 5) is 0. The number of benzene rings is 1. The van der Waals surface area contributed by atoms with E-state index in [2.05, 4.69) is 10.2 Å². The van der Waals surface area contributed by atoms with E-state index >= 15 is 0 Å². The van der Waals surface area contributed by atoms with Crippen molar-refractivity contribution in [2.45, 2.75) is 0 Å². The number of rotatable bonds is 0. The van der Waals surface area contributed by atoms with Gasteiger partial charge in [-0.25, -0.2) is 0 Å². The quantitative estimate of drug-likeness (QED) is 0.517. The Hall–Kier alpha value is -1.90. The van der Waals surface area contributed by atoms with Crippen LogP contribution < -0.4 is 5.10 Å². The molecule has 3 heteroatoms. The van der Waals surface area contributed by atoms with Crippen molar-refractivity contribution in [2.24, 2.45) is 0 Å². The monoisotopic (exact) mass is 171 g/mol. The Balaban J connectivity index is 2.57. The lowest BCUT2D eigenvalue weighted by Gasteiger charge is -1.97. The smallest absolute Gasteiger partial charge is 0.206 e. The topological polar surface area (TPSA) is 40.2 Å². The highest BCUT2D eigenvalue weighted by Crippen LogP contribution is 2.26. The van der Waals surface area contributed by atoms with Crippen molar-refractivity contribution in [2.75, 3.05) is 0 Å². The molecule has 0 radical (unpaired) electrons. The maximum Gasteiger partial charge on any atom is 0.206 e. The molecular weight excluding hydrogens is 164 g/mol. The van der Waals surface area contributed by atoms with Crippen LogP contribution in [0.2, 0.25) is 0 Å². The predicted octanol–water partition coefficient (Wildman–Crippen LogP) is 1.75. The lowest BCUT2D eigenvalue weighted by atomic mass is 10.1. The second-order valence-electron chi connectivity index (χ2n) is 2.92. The van der Waals surface area contributed by atoms with Crippen molar-refractivity contribution in [1.29, 1.82) is 0 Å². The van der Waals surface area contributed by atoms with E-state index in [9.17, 15) is 0 Å². The SMILES string of the molecule is c1ccc2c3n[nH+]cc-3coc2c1. The van der Waals surface area contributed by atoms with E-state index in [1.165, 1.54) is 0 Å². The summed E-state index contributed by atoms with van der Waals surface area (Å²) in [6, 6.07) is 7.86. The zero-order chi connectivity index (χ0) is 8.67. The van der Waals surface area contributed by atoms with Crippen molar-refractivity contribution >= 4 is 11.0 Å². The molecule has 0 atom stereocenters. The Morgan fingerprint density at radius 2 is 2.15 bits per heavy atom. The van der Waals surface area contributed by atoms with Crippen LogP contribution in [-0.2, 0) is 0 Å². The molecule has 3 nitrogen and oxygen atoms in total. The van der Waals surface area contributed by atoms with E-state index in [1.807, 2.05) is 30.5 Å². The van der Waals surface area contributed by atoms with Crippen LogP contribution in [0.5, 0.6) is 0 Å². The first-order valence-corrected chi connectivity index (χ1v) is 4.08. The normalized spacial score (nSPS) is 11.1. The van der Waals surface area contributed by atoms with E-state index in [-0.39, 0.29) is 0 Å². The Labute approximate surface area is 74.4 Å². The molecular formula is C10H7N2O+. The van der Waals surface area contributed by atoms with Gasteiger partial charge in [0.15, 0.2) is 5.69 Å². The summed E-state index contributed by atoms with van der Waals surface area (Å²) >= 11 is 0. The van der Waals surface area contributed by atoms with Gasteiger partial charge in [0.2, 0.25) is 6.20 Å². The number of para-hydroxylation sites is 1. The molecule has 2 aliphatic heterocycles. The van der Waals surface area contributed by atoms with E-state index in [0.29, 0.717) is 0 Å². The van der Waals surface area contributed by atoms with Gasteiger partial charge in [-0.2, -0.15) is 0 Å². The fraction of sp³-hybridized carbons (Fsp3) is 0. The summed E-state index contributed by atoms with van der Waals surface area (Å²) in [6.07, 6.45) is 3.53. The summed E-state index contributed by atoms with van der Waals surface area (Å²) in [6.45, 7) is 0. The zero-order valence-corrected chi connectivity index (χ0v) is 6.82. The average molecular weight is 171 g/mol. The van der Waals surface area contributed by atoms with E-state index in [1.54, 1.807) is 6.26 Å². The van der Waals surface area contributed by atoms with Crippen molar-refractivity contribution in [3.05, 3.63) is 36.7 Å². The van der Waals surface area contributed by atoms with Crippen LogP contribution in [0, 0.1) is 0 Å². The van der Waals surface area contributed by atoms with Crippen LogP contribution in [0.25, 0.3) is 22.2 Å². The average Bonchev–Trinajstić information content (AvgIpc) is 2.65. The van der Waals surface area contributed by atoms with Crippen molar-refractivity contribution in [3.63, 3.8) is 0 Å². The Kier molecular flexibility index (Phi) is 1.16. The molecule has 3 rings (SSSR count). The molecule has 0 aromatic heterocycles. The van der Waals surface area contributed by atoms with Crippen LogP contribution in [0.3, 0.4) is 0 Å². The maximum absolute atomic E-state index is 5.42. The van der Waals surface area contributed by atoms with Gasteiger partial charge in [-0.05, 0) is 17.2 Å². The van der Waals surface area contributed by atoms with Crippen molar-refractivity contribution in [3.8, 4) is 11.3 Å². The van der Waals surface area contributed by atoms with Crippen LogP contribution in [0.1, 0.15) is 0 Å². The highest BCUT2D eigenvalue weighted by Gasteiger charge is 2.14. The minimum Gasteiger partial charge on any atom is -0.463 e. The van der Waals surface area contributed by atoms with E-state index in [0.717, 1.165) is 22.2 Å². The molecule has 2 heterocycles. The van der Waals surface area contributed by atoms with Gasteiger partial charge in [-0.1, -0.05) is 12.1 Å². The first-order chi connectivity index (χ1) is 6.45. The van der Waals surface area contributed by atoms with Gasteiger partial charge in [0.1, 0.15) is 17.4 Å². The largest absolute Gasteiger partial charge is 0.463 e. The second-order valence-corrected chi connectivity index (χ2v) is 2.92.